The first-order valence-corrected chi connectivity index (χ1v) is 11.6. The number of thiol groups is 1. The molecule has 0 aliphatic heterocycles. The maximum Gasteiger partial charge on any atom is 0.193 e. The first-order chi connectivity index (χ1) is 12.9. The van der Waals surface area contributed by atoms with Gasteiger partial charge in [-0.05, 0) is 31.5 Å². The van der Waals surface area contributed by atoms with E-state index >= 15 is 0 Å². The zero-order valence-corrected chi connectivity index (χ0v) is 19.6. The lowest BCUT2D eigenvalue weighted by Crippen LogP contribution is -2.20. The third-order valence-electron chi connectivity index (χ3n) is 2.93. The van der Waals surface area contributed by atoms with Crippen molar-refractivity contribution in [2.75, 3.05) is 27.8 Å². The molecule has 9 heteroatoms. The highest BCUT2D eigenvalue weighted by Crippen LogP contribution is 2.50. The van der Waals surface area contributed by atoms with E-state index in [0.717, 1.165) is 5.56 Å². The molecule has 27 heavy (non-hydrogen) atoms. The minimum absolute atomic E-state index is 0.0430. The molecule has 0 spiro atoms. The van der Waals surface area contributed by atoms with Crippen LogP contribution in [0, 0.1) is 0 Å². The van der Waals surface area contributed by atoms with Crippen LogP contribution in [-0.2, 0) is 9.05 Å². The van der Waals surface area contributed by atoms with E-state index < -0.39 is 8.38 Å². The van der Waals surface area contributed by atoms with Gasteiger partial charge in [-0.3, -0.25) is 10.1 Å². The molecule has 0 heterocycles. The second-order valence-electron chi connectivity index (χ2n) is 4.77. The maximum atomic E-state index is 9.27. The lowest BCUT2D eigenvalue weighted by atomic mass is 10.2. The Balaban J connectivity index is 0. The van der Waals surface area contributed by atoms with Crippen LogP contribution < -0.4 is 5.32 Å². The zero-order valence-electron chi connectivity index (χ0n) is 16.8. The SMILES string of the molecule is C=CCNC(c1ccc(O)cc1)P(OC)OC.C=NN(C)PS.CC=CC. The molecule has 0 aromatic heterocycles. The summed E-state index contributed by atoms with van der Waals surface area (Å²) in [6.07, 6.45) is 5.78. The van der Waals surface area contributed by atoms with Crippen molar-refractivity contribution >= 4 is 35.3 Å². The summed E-state index contributed by atoms with van der Waals surface area (Å²) < 4.78 is 12.3. The number of rotatable bonds is 9. The van der Waals surface area contributed by atoms with Crippen LogP contribution in [0.2, 0.25) is 0 Å². The zero-order chi connectivity index (χ0) is 21.1. The van der Waals surface area contributed by atoms with Gasteiger partial charge in [-0.1, -0.05) is 30.4 Å². The molecule has 6 nitrogen and oxygen atoms in total. The average Bonchev–Trinajstić information content (AvgIpc) is 2.72. The summed E-state index contributed by atoms with van der Waals surface area (Å²) in [5.74, 6) is 0.203. The van der Waals surface area contributed by atoms with Gasteiger partial charge in [0, 0.05) is 34.5 Å². The third kappa shape index (κ3) is 14.7. The Kier molecular flexibility index (Phi) is 20.7. The molecule has 0 amide bonds. The van der Waals surface area contributed by atoms with E-state index in [2.05, 4.69) is 36.0 Å². The fourth-order valence-electron chi connectivity index (χ4n) is 1.48. The van der Waals surface area contributed by atoms with Crippen molar-refractivity contribution in [3.05, 3.63) is 54.6 Å². The molecule has 1 rings (SSSR count). The van der Waals surface area contributed by atoms with E-state index in [1.54, 1.807) is 37.2 Å². The number of hydrogen-bond acceptors (Lipinski definition) is 7. The largest absolute Gasteiger partial charge is 0.508 e. The highest BCUT2D eigenvalue weighted by Gasteiger charge is 2.23. The minimum atomic E-state index is -1.06. The molecular weight excluding hydrogens is 400 g/mol. The molecule has 1 aromatic rings. The first-order valence-electron chi connectivity index (χ1n) is 8.13. The Hall–Kier alpha value is -0.940. The van der Waals surface area contributed by atoms with Gasteiger partial charge in [0.1, 0.15) is 11.5 Å². The quantitative estimate of drug-likeness (QED) is 0.162. The Morgan fingerprint density at radius 3 is 2.11 bits per heavy atom. The Morgan fingerprint density at radius 1 is 1.30 bits per heavy atom. The smallest absolute Gasteiger partial charge is 0.193 e. The molecule has 0 radical (unpaired) electrons. The van der Waals surface area contributed by atoms with Crippen molar-refractivity contribution in [3.8, 4) is 5.75 Å². The minimum Gasteiger partial charge on any atom is -0.508 e. The van der Waals surface area contributed by atoms with Gasteiger partial charge in [0.25, 0.3) is 0 Å². The van der Waals surface area contributed by atoms with E-state index in [0.29, 0.717) is 14.5 Å². The molecule has 2 atom stereocenters. The van der Waals surface area contributed by atoms with E-state index in [9.17, 15) is 5.11 Å². The van der Waals surface area contributed by atoms with Gasteiger partial charge in [-0.15, -0.1) is 18.8 Å². The van der Waals surface area contributed by atoms with Crippen molar-refractivity contribution in [1.82, 2.24) is 10.1 Å². The van der Waals surface area contributed by atoms with E-state index in [1.165, 1.54) is 0 Å². The van der Waals surface area contributed by atoms with Crippen LogP contribution in [0.5, 0.6) is 5.75 Å². The summed E-state index contributed by atoms with van der Waals surface area (Å²) in [5.41, 5.74) is 1.01. The summed E-state index contributed by atoms with van der Waals surface area (Å²) in [6.45, 7) is 11.6. The highest BCUT2D eigenvalue weighted by atomic mass is 32.7. The predicted octanol–water partition coefficient (Wildman–Crippen LogP) is 5.33. The molecule has 1 aromatic carbocycles. The van der Waals surface area contributed by atoms with Gasteiger partial charge >= 0.3 is 0 Å². The van der Waals surface area contributed by atoms with Gasteiger partial charge in [-0.2, -0.15) is 5.10 Å². The third-order valence-corrected chi connectivity index (χ3v) is 5.85. The number of hydrazone groups is 1. The maximum absolute atomic E-state index is 9.27. The van der Waals surface area contributed by atoms with Gasteiger partial charge in [-0.25, -0.2) is 0 Å². The monoisotopic (exact) mass is 433 g/mol. The molecule has 0 saturated carbocycles. The molecule has 0 bridgehead atoms. The van der Waals surface area contributed by atoms with E-state index in [1.807, 2.05) is 45.2 Å². The van der Waals surface area contributed by atoms with Crippen molar-refractivity contribution in [2.45, 2.75) is 19.6 Å². The van der Waals surface area contributed by atoms with Gasteiger partial charge in [0.05, 0.1) is 7.93 Å². The molecule has 0 fully saturated rings. The molecule has 0 aliphatic rings. The number of aromatic hydroxyl groups is 1. The molecular formula is C18H33N3O3P2S. The normalized spacial score (nSPS) is 11.5. The van der Waals surface area contributed by atoms with Crippen LogP contribution in [0.1, 0.15) is 25.2 Å². The number of nitrogens with zero attached hydrogens (tertiary/aromatic N) is 2. The number of hydrogen-bond donors (Lipinski definition) is 3. The number of allylic oxidation sites excluding steroid dienone is 2. The van der Waals surface area contributed by atoms with Gasteiger partial charge in [0.2, 0.25) is 0 Å². The second-order valence-corrected chi connectivity index (χ2v) is 8.04. The van der Waals surface area contributed by atoms with E-state index in [-0.39, 0.29) is 11.5 Å². The fraction of sp³-hybridized carbons (Fsp3) is 0.389. The van der Waals surface area contributed by atoms with E-state index in [4.69, 9.17) is 9.05 Å². The summed E-state index contributed by atoms with van der Waals surface area (Å²) in [5, 5.41) is 16.1. The predicted molar refractivity (Wildman–Crippen MR) is 125 cm³/mol. The number of nitrogens with one attached hydrogen (secondary N) is 1. The molecule has 2 unspecified atom stereocenters. The molecule has 154 valence electrons. The first kappa shape index (κ1) is 28.3. The van der Waals surface area contributed by atoms with Crippen molar-refractivity contribution in [1.29, 1.82) is 0 Å². The van der Waals surface area contributed by atoms with Crippen LogP contribution in [-0.4, -0.2) is 44.4 Å². The van der Waals surface area contributed by atoms with Crippen molar-refractivity contribution < 1.29 is 14.2 Å². The van der Waals surface area contributed by atoms with Gasteiger partial charge < -0.3 is 14.2 Å². The van der Waals surface area contributed by atoms with Crippen LogP contribution in [0.15, 0.2) is 54.2 Å². The summed E-state index contributed by atoms with van der Waals surface area (Å²) in [4.78, 5) is 0. The summed E-state index contributed by atoms with van der Waals surface area (Å²) in [7, 11) is 4.44. The standard InChI is InChI=1S/C12H18NO3P.C4H8.C2H7N2PS/c1-4-9-13-12(17(15-2)16-3)10-5-7-11(14)8-6-10;1-3-4-2;1-3-4(2)5-6/h4-8,12-14H,1,9H2,2-3H3;3-4H,1-2H3;5-6H,1H2,2H3. The van der Waals surface area contributed by atoms with Gasteiger partial charge in [0.15, 0.2) is 8.38 Å². The lowest BCUT2D eigenvalue weighted by Gasteiger charge is -2.24. The fourth-order valence-corrected chi connectivity index (χ4v) is 2.98. The number of phenolic OH excluding ortho intramolecular Hbond substituents is 1. The highest BCUT2D eigenvalue weighted by molar-refractivity contribution is 8.37. The van der Waals surface area contributed by atoms with Crippen molar-refractivity contribution in [3.63, 3.8) is 0 Å². The average molecular weight is 433 g/mol. The second kappa shape index (κ2) is 19.8. The van der Waals surface area contributed by atoms with Crippen molar-refractivity contribution in [2.24, 2.45) is 5.10 Å². The van der Waals surface area contributed by atoms with Crippen LogP contribution in [0.3, 0.4) is 0 Å². The number of phenols is 1. The summed E-state index contributed by atoms with van der Waals surface area (Å²) >= 11 is 3.92. The topological polar surface area (TPSA) is 66.3 Å². The Morgan fingerprint density at radius 2 is 1.81 bits per heavy atom. The van der Waals surface area contributed by atoms with Crippen LogP contribution in [0.25, 0.3) is 0 Å². The Labute approximate surface area is 172 Å². The molecule has 2 N–H and O–H groups in total. The molecule has 0 saturated heterocycles. The molecule has 0 aliphatic carbocycles. The van der Waals surface area contributed by atoms with Crippen LogP contribution >= 0.6 is 28.6 Å². The van der Waals surface area contributed by atoms with Crippen LogP contribution in [0.4, 0.5) is 0 Å². The lowest BCUT2D eigenvalue weighted by molar-refractivity contribution is 0.325. The number of benzene rings is 1. The summed E-state index contributed by atoms with van der Waals surface area (Å²) in [6, 6.07) is 7.00. The Bertz CT molecular complexity index is 511.